The number of hydrogen-bond donors (Lipinski definition) is 3. The Morgan fingerprint density at radius 3 is 2.52 bits per heavy atom. The molecule has 2 saturated heterocycles. The minimum absolute atomic E-state index is 0.165. The number of imide groups is 1. The van der Waals surface area contributed by atoms with Crippen LogP contribution in [0.2, 0.25) is 0 Å². The fourth-order valence-corrected chi connectivity index (χ4v) is 3.21. The normalized spacial score (nSPS) is 21.0. The quantitative estimate of drug-likeness (QED) is 0.775. The summed E-state index contributed by atoms with van der Waals surface area (Å²) in [5.74, 6) is -0.331. The summed E-state index contributed by atoms with van der Waals surface area (Å²) in [7, 11) is 0. The minimum Gasteiger partial charge on any atom is -0.381 e. The van der Waals surface area contributed by atoms with E-state index in [0.717, 1.165) is 5.56 Å². The highest BCUT2D eigenvalue weighted by Crippen LogP contribution is 2.20. The number of hydrogen-bond acceptors (Lipinski definition) is 4. The summed E-state index contributed by atoms with van der Waals surface area (Å²) >= 11 is 0. The van der Waals surface area contributed by atoms with E-state index in [2.05, 4.69) is 16.0 Å². The van der Waals surface area contributed by atoms with E-state index >= 15 is 0 Å². The second-order valence-electron chi connectivity index (χ2n) is 6.46. The zero-order valence-electron chi connectivity index (χ0n) is 14.3. The summed E-state index contributed by atoms with van der Waals surface area (Å²) in [6.45, 7) is 4.73. The Morgan fingerprint density at radius 1 is 1.24 bits per heavy atom. The van der Waals surface area contributed by atoms with Crippen LogP contribution in [0.3, 0.4) is 0 Å². The average molecular weight is 350 g/mol. The van der Waals surface area contributed by atoms with Crippen molar-refractivity contribution in [3.8, 4) is 0 Å². The Bertz CT molecular complexity index is 645. The van der Waals surface area contributed by atoms with Crippen LogP contribution < -0.4 is 16.0 Å². The Balaban J connectivity index is 1.64. The van der Waals surface area contributed by atoms with Crippen LogP contribution in [0.15, 0.2) is 18.2 Å². The zero-order valence-corrected chi connectivity index (χ0v) is 14.3. The predicted molar refractivity (Wildman–Crippen MR) is 89.2 cm³/mol. The van der Waals surface area contributed by atoms with E-state index in [1.807, 2.05) is 6.92 Å². The summed E-state index contributed by atoms with van der Waals surface area (Å²) in [4.78, 5) is 25.9. The van der Waals surface area contributed by atoms with Crippen LogP contribution in [0, 0.1) is 12.7 Å². The third kappa shape index (κ3) is 3.91. The van der Waals surface area contributed by atoms with Crippen molar-refractivity contribution in [2.24, 2.45) is 0 Å². The smallest absolute Gasteiger partial charge is 0.328 e. The number of halogens is 1. The van der Waals surface area contributed by atoms with Gasteiger partial charge < -0.3 is 15.4 Å². The molecule has 0 bridgehead atoms. The molecule has 1 aromatic carbocycles. The molecule has 0 radical (unpaired) electrons. The third-order valence-electron chi connectivity index (χ3n) is 4.56. The molecule has 1 unspecified atom stereocenters. The van der Waals surface area contributed by atoms with Gasteiger partial charge in [-0.2, -0.15) is 0 Å². The number of rotatable bonds is 4. The summed E-state index contributed by atoms with van der Waals surface area (Å²) in [6.07, 6.45) is 0.499. The number of nitrogens with zero attached hydrogens (tertiary/aromatic N) is 1. The highest BCUT2D eigenvalue weighted by Gasteiger charge is 2.37. The minimum atomic E-state index is -0.758. The molecule has 1 aromatic rings. The maximum absolute atomic E-state index is 14.0. The molecule has 2 fully saturated rings. The molecule has 4 amide bonds. The first-order valence-electron chi connectivity index (χ1n) is 8.46. The van der Waals surface area contributed by atoms with Gasteiger partial charge in [0.25, 0.3) is 0 Å². The molecule has 0 aliphatic carbocycles. The molecule has 3 rings (SSSR count). The summed E-state index contributed by atoms with van der Waals surface area (Å²) in [6, 6.07) is 3.39. The van der Waals surface area contributed by atoms with Crippen molar-refractivity contribution in [1.82, 2.24) is 20.9 Å². The van der Waals surface area contributed by atoms with Crippen LogP contribution in [-0.2, 0) is 4.74 Å². The highest BCUT2D eigenvalue weighted by molar-refractivity contribution is 5.96. The van der Waals surface area contributed by atoms with E-state index in [4.69, 9.17) is 4.74 Å². The Hall–Kier alpha value is -2.19. The van der Waals surface area contributed by atoms with E-state index in [1.165, 1.54) is 11.0 Å². The van der Waals surface area contributed by atoms with Crippen LogP contribution in [0.1, 0.15) is 36.9 Å². The first-order valence-corrected chi connectivity index (χ1v) is 8.46. The molecule has 2 heterocycles. The van der Waals surface area contributed by atoms with Gasteiger partial charge in [0.2, 0.25) is 0 Å². The van der Waals surface area contributed by atoms with Crippen molar-refractivity contribution in [1.29, 1.82) is 0 Å². The van der Waals surface area contributed by atoms with Crippen molar-refractivity contribution in [2.45, 2.75) is 45.1 Å². The lowest BCUT2D eigenvalue weighted by Crippen LogP contribution is -2.70. The number of carbonyl (C=O) groups excluding carboxylic acids is 2. The van der Waals surface area contributed by atoms with Crippen molar-refractivity contribution in [3.05, 3.63) is 35.1 Å². The van der Waals surface area contributed by atoms with Crippen LogP contribution in [0.4, 0.5) is 14.0 Å². The molecule has 8 heteroatoms. The predicted octanol–water partition coefficient (Wildman–Crippen LogP) is 1.98. The maximum Gasteiger partial charge on any atom is 0.328 e. The lowest BCUT2D eigenvalue weighted by molar-refractivity contribution is 0.0492. The van der Waals surface area contributed by atoms with Gasteiger partial charge in [-0.05, 0) is 32.8 Å². The molecule has 136 valence electrons. The van der Waals surface area contributed by atoms with Gasteiger partial charge in [-0.1, -0.05) is 17.7 Å². The second kappa shape index (κ2) is 7.37. The number of ether oxygens (including phenoxy) is 1. The van der Waals surface area contributed by atoms with Crippen LogP contribution in [0.25, 0.3) is 0 Å². The van der Waals surface area contributed by atoms with Gasteiger partial charge >= 0.3 is 12.1 Å². The molecule has 0 saturated carbocycles. The van der Waals surface area contributed by atoms with Crippen molar-refractivity contribution >= 4 is 12.1 Å². The van der Waals surface area contributed by atoms with Crippen molar-refractivity contribution in [2.75, 3.05) is 13.2 Å². The van der Waals surface area contributed by atoms with Gasteiger partial charge in [0.1, 0.15) is 5.82 Å². The largest absolute Gasteiger partial charge is 0.381 e. The Labute approximate surface area is 145 Å². The lowest BCUT2D eigenvalue weighted by atomic mass is 10.0. The van der Waals surface area contributed by atoms with Crippen LogP contribution in [-0.4, -0.2) is 42.5 Å². The number of urea groups is 2. The van der Waals surface area contributed by atoms with Crippen LogP contribution >= 0.6 is 0 Å². The highest BCUT2D eigenvalue weighted by atomic mass is 19.1. The van der Waals surface area contributed by atoms with E-state index in [0.29, 0.717) is 31.6 Å². The number of nitrogens with one attached hydrogen (secondary N) is 3. The molecular formula is C17H23FN4O3. The summed E-state index contributed by atoms with van der Waals surface area (Å²) in [5.41, 5.74) is 1.42. The first kappa shape index (κ1) is 17.6. The average Bonchev–Trinajstić information content (AvgIpc) is 2.57. The van der Waals surface area contributed by atoms with Crippen molar-refractivity contribution < 1.29 is 18.7 Å². The standard InChI is InChI=1S/C17H23FN4O3/c1-10-3-4-14(18)13(9-10)11(2)19-15-20-16(23)22(17(24)21-15)12-5-7-25-8-6-12/h3-4,9,11-12,15,19H,5-8H2,1-2H3,(H,20,23)(H,21,24). The van der Waals surface area contributed by atoms with Gasteiger partial charge in [-0.3, -0.25) is 5.32 Å². The summed E-state index contributed by atoms with van der Waals surface area (Å²) in [5, 5.41) is 8.45. The van der Waals surface area contributed by atoms with Crippen molar-refractivity contribution in [3.63, 3.8) is 0 Å². The number of benzene rings is 1. The summed E-state index contributed by atoms with van der Waals surface area (Å²) < 4.78 is 19.3. The van der Waals surface area contributed by atoms with Gasteiger partial charge in [0.05, 0.1) is 0 Å². The molecule has 2 aliphatic heterocycles. The van der Waals surface area contributed by atoms with E-state index < -0.39 is 18.4 Å². The topological polar surface area (TPSA) is 82.7 Å². The first-order chi connectivity index (χ1) is 12.0. The van der Waals surface area contributed by atoms with Gasteiger partial charge in [-0.25, -0.2) is 18.9 Å². The van der Waals surface area contributed by atoms with Gasteiger partial charge in [0, 0.05) is 30.9 Å². The monoisotopic (exact) mass is 350 g/mol. The zero-order chi connectivity index (χ0) is 18.0. The van der Waals surface area contributed by atoms with E-state index in [9.17, 15) is 14.0 Å². The lowest BCUT2D eigenvalue weighted by Gasteiger charge is -2.39. The maximum atomic E-state index is 14.0. The fraction of sp³-hybridized carbons (Fsp3) is 0.529. The number of carbonyl (C=O) groups is 2. The molecule has 1 atom stereocenters. The molecule has 3 N–H and O–H groups in total. The second-order valence-corrected chi connectivity index (χ2v) is 6.46. The molecule has 25 heavy (non-hydrogen) atoms. The number of amides is 4. The SMILES string of the molecule is Cc1ccc(F)c(C(C)NC2NC(=O)N(C3CCOCC3)C(=O)N2)c1. The molecule has 2 aliphatic rings. The third-order valence-corrected chi connectivity index (χ3v) is 4.56. The van der Waals surface area contributed by atoms with Gasteiger partial charge in [-0.15, -0.1) is 0 Å². The molecule has 7 nitrogen and oxygen atoms in total. The van der Waals surface area contributed by atoms with E-state index in [1.54, 1.807) is 19.1 Å². The molecule has 0 aromatic heterocycles. The molecule has 0 spiro atoms. The molecular weight excluding hydrogens is 327 g/mol. The fourth-order valence-electron chi connectivity index (χ4n) is 3.21. The Kier molecular flexibility index (Phi) is 5.19. The Morgan fingerprint density at radius 2 is 1.88 bits per heavy atom. The van der Waals surface area contributed by atoms with Crippen LogP contribution in [0.5, 0.6) is 0 Å². The number of aryl methyl sites for hydroxylation is 1. The van der Waals surface area contributed by atoms with E-state index in [-0.39, 0.29) is 17.9 Å². The van der Waals surface area contributed by atoms with Gasteiger partial charge in [0.15, 0.2) is 6.29 Å².